The number of ether oxygens (including phenoxy) is 1. The first-order valence-corrected chi connectivity index (χ1v) is 8.57. The van der Waals surface area contributed by atoms with Crippen molar-refractivity contribution in [2.24, 2.45) is 0 Å². The summed E-state index contributed by atoms with van der Waals surface area (Å²) in [4.78, 5) is 12.0. The van der Waals surface area contributed by atoms with Crippen LogP contribution in [0.1, 0.15) is 24.1 Å². The zero-order valence-corrected chi connectivity index (χ0v) is 14.0. The number of amides is 1. The van der Waals surface area contributed by atoms with Crippen molar-refractivity contribution in [3.05, 3.63) is 46.8 Å². The number of nitrogens with one attached hydrogen (secondary N) is 1. The van der Waals surface area contributed by atoms with Crippen molar-refractivity contribution in [2.45, 2.75) is 24.1 Å². The Morgan fingerprint density at radius 2 is 2.24 bits per heavy atom. The van der Waals surface area contributed by atoms with Gasteiger partial charge in [-0.05, 0) is 31.4 Å². The van der Waals surface area contributed by atoms with E-state index in [4.69, 9.17) is 4.74 Å². The van der Waals surface area contributed by atoms with Gasteiger partial charge in [-0.3, -0.25) is 4.79 Å². The summed E-state index contributed by atoms with van der Waals surface area (Å²) < 4.78 is 6.53. The van der Waals surface area contributed by atoms with Crippen LogP contribution in [0.15, 0.2) is 39.9 Å². The second-order valence-corrected chi connectivity index (χ2v) is 6.98. The largest absolute Gasteiger partial charge is 0.496 e. The number of thioether (sulfide) groups is 1. The molecular weight excluding hydrogens is 302 g/mol. The fourth-order valence-electron chi connectivity index (χ4n) is 2.04. The van der Waals surface area contributed by atoms with Crippen LogP contribution in [-0.2, 0) is 4.79 Å². The van der Waals surface area contributed by atoms with E-state index in [1.165, 1.54) is 0 Å². The van der Waals surface area contributed by atoms with Crippen LogP contribution in [0.4, 0.5) is 0 Å². The Kier molecular flexibility index (Phi) is 5.70. The topological polar surface area (TPSA) is 38.3 Å². The summed E-state index contributed by atoms with van der Waals surface area (Å²) in [5, 5.41) is 5.04. The highest BCUT2D eigenvalue weighted by molar-refractivity contribution is 8.01. The number of carbonyl (C=O) groups excluding carboxylic acids is 1. The maximum Gasteiger partial charge on any atom is 0.230 e. The zero-order chi connectivity index (χ0) is 15.2. The Morgan fingerprint density at radius 3 is 2.90 bits per heavy atom. The van der Waals surface area contributed by atoms with Crippen LogP contribution in [-0.4, -0.2) is 18.8 Å². The fourth-order valence-corrected chi connectivity index (χ4v) is 3.63. The van der Waals surface area contributed by atoms with Gasteiger partial charge in [-0.15, -0.1) is 23.1 Å². The normalized spacial score (nSPS) is 12.0. The van der Waals surface area contributed by atoms with Crippen LogP contribution in [0.3, 0.4) is 0 Å². The van der Waals surface area contributed by atoms with Crippen LogP contribution in [0.2, 0.25) is 0 Å². The number of thiophene rings is 1. The molecule has 0 aliphatic rings. The summed E-state index contributed by atoms with van der Waals surface area (Å²) >= 11 is 3.21. The van der Waals surface area contributed by atoms with Crippen LogP contribution >= 0.6 is 23.1 Å². The number of hydrogen-bond acceptors (Lipinski definition) is 4. The minimum absolute atomic E-state index is 0.0319. The lowest BCUT2D eigenvalue weighted by Crippen LogP contribution is -2.28. The van der Waals surface area contributed by atoms with Gasteiger partial charge >= 0.3 is 0 Å². The number of methoxy groups -OCH3 is 1. The van der Waals surface area contributed by atoms with Crippen molar-refractivity contribution < 1.29 is 9.53 Å². The summed E-state index contributed by atoms with van der Waals surface area (Å²) in [6.07, 6.45) is 0. The lowest BCUT2D eigenvalue weighted by molar-refractivity contribution is -0.119. The average molecular weight is 321 g/mol. The molecule has 112 valence electrons. The molecule has 5 heteroatoms. The minimum atomic E-state index is -0.0729. The van der Waals surface area contributed by atoms with E-state index >= 15 is 0 Å². The summed E-state index contributed by atoms with van der Waals surface area (Å²) in [7, 11) is 1.65. The van der Waals surface area contributed by atoms with Gasteiger partial charge in [-0.2, -0.15) is 0 Å². The van der Waals surface area contributed by atoms with Crippen molar-refractivity contribution in [2.75, 3.05) is 12.9 Å². The van der Waals surface area contributed by atoms with E-state index < -0.39 is 0 Å². The Labute approximate surface area is 133 Å². The lowest BCUT2D eigenvalue weighted by Gasteiger charge is -2.18. The second-order valence-electron chi connectivity index (χ2n) is 4.76. The molecule has 2 aromatic rings. The highest BCUT2D eigenvalue weighted by Gasteiger charge is 2.14. The monoisotopic (exact) mass is 321 g/mol. The first-order chi connectivity index (χ1) is 10.1. The molecule has 0 saturated carbocycles. The van der Waals surface area contributed by atoms with E-state index in [1.807, 2.05) is 43.5 Å². The predicted molar refractivity (Wildman–Crippen MR) is 89.3 cm³/mol. The van der Waals surface area contributed by atoms with Crippen LogP contribution in [0.5, 0.6) is 5.75 Å². The SMILES string of the molecule is COc1ccc(C)cc1C(C)NC(=O)CSc1cccs1. The van der Waals surface area contributed by atoms with Crippen molar-refractivity contribution in [3.8, 4) is 5.75 Å². The molecule has 1 aromatic carbocycles. The summed E-state index contributed by atoms with van der Waals surface area (Å²) in [5.74, 6) is 1.27. The Morgan fingerprint density at radius 1 is 1.43 bits per heavy atom. The highest BCUT2D eigenvalue weighted by Crippen LogP contribution is 2.27. The van der Waals surface area contributed by atoms with E-state index in [-0.39, 0.29) is 11.9 Å². The molecular formula is C16H19NO2S2. The third-order valence-corrected chi connectivity index (χ3v) is 5.20. The molecule has 0 spiro atoms. The summed E-state index contributed by atoms with van der Waals surface area (Å²) in [6.45, 7) is 4.01. The van der Waals surface area contributed by atoms with Crippen LogP contribution < -0.4 is 10.1 Å². The molecule has 1 amide bonds. The number of hydrogen-bond donors (Lipinski definition) is 1. The van der Waals surface area contributed by atoms with Gasteiger partial charge in [-0.25, -0.2) is 0 Å². The van der Waals surface area contributed by atoms with Gasteiger partial charge in [0.15, 0.2) is 0 Å². The molecule has 1 aromatic heterocycles. The molecule has 2 rings (SSSR count). The van der Waals surface area contributed by atoms with Gasteiger partial charge < -0.3 is 10.1 Å². The molecule has 1 N–H and O–H groups in total. The van der Waals surface area contributed by atoms with Gasteiger partial charge in [0, 0.05) is 5.56 Å². The molecule has 0 fully saturated rings. The first-order valence-electron chi connectivity index (χ1n) is 6.70. The van der Waals surface area contributed by atoms with Gasteiger partial charge in [0.05, 0.1) is 23.1 Å². The Bertz CT molecular complexity index is 596. The molecule has 0 aliphatic heterocycles. The van der Waals surface area contributed by atoms with Gasteiger partial charge in [-0.1, -0.05) is 23.8 Å². The molecule has 21 heavy (non-hydrogen) atoms. The third-order valence-electron chi connectivity index (χ3n) is 3.07. The van der Waals surface area contributed by atoms with Crippen molar-refractivity contribution in [1.29, 1.82) is 0 Å². The quantitative estimate of drug-likeness (QED) is 0.816. The minimum Gasteiger partial charge on any atom is -0.496 e. The molecule has 0 aliphatic carbocycles. The Balaban J connectivity index is 1.95. The second kappa shape index (κ2) is 7.52. The van der Waals surface area contributed by atoms with Crippen molar-refractivity contribution in [3.63, 3.8) is 0 Å². The van der Waals surface area contributed by atoms with Gasteiger partial charge in [0.2, 0.25) is 5.91 Å². The molecule has 1 heterocycles. The van der Waals surface area contributed by atoms with E-state index in [2.05, 4.69) is 11.4 Å². The highest BCUT2D eigenvalue weighted by atomic mass is 32.2. The molecule has 1 unspecified atom stereocenters. The van der Waals surface area contributed by atoms with Crippen LogP contribution in [0, 0.1) is 6.92 Å². The number of aryl methyl sites for hydroxylation is 1. The molecule has 0 bridgehead atoms. The Hall–Kier alpha value is -1.46. The molecule has 0 saturated heterocycles. The summed E-state index contributed by atoms with van der Waals surface area (Å²) in [5.41, 5.74) is 2.16. The van der Waals surface area contributed by atoms with E-state index in [9.17, 15) is 4.79 Å². The van der Waals surface area contributed by atoms with Gasteiger partial charge in [0.25, 0.3) is 0 Å². The predicted octanol–water partition coefficient (Wildman–Crippen LogP) is 4.03. The van der Waals surface area contributed by atoms with Crippen LogP contribution in [0.25, 0.3) is 0 Å². The fraction of sp³-hybridized carbons (Fsp3) is 0.312. The summed E-state index contributed by atoms with van der Waals surface area (Å²) in [6, 6.07) is 9.94. The number of benzene rings is 1. The third kappa shape index (κ3) is 4.51. The maximum absolute atomic E-state index is 12.0. The molecule has 1 atom stereocenters. The standard InChI is InChI=1S/C16H19NO2S2/c1-11-6-7-14(19-3)13(9-11)12(2)17-15(18)10-21-16-5-4-8-20-16/h4-9,12H,10H2,1-3H3,(H,17,18). The molecule has 3 nitrogen and oxygen atoms in total. The number of rotatable bonds is 6. The zero-order valence-electron chi connectivity index (χ0n) is 12.4. The number of carbonyl (C=O) groups is 1. The lowest BCUT2D eigenvalue weighted by atomic mass is 10.0. The van der Waals surface area contributed by atoms with Gasteiger partial charge in [0.1, 0.15) is 5.75 Å². The smallest absolute Gasteiger partial charge is 0.230 e. The average Bonchev–Trinajstić information content (AvgIpc) is 2.98. The first kappa shape index (κ1) is 15.9. The van der Waals surface area contributed by atoms with Crippen molar-refractivity contribution >= 4 is 29.0 Å². The van der Waals surface area contributed by atoms with E-state index in [0.717, 1.165) is 21.1 Å². The van der Waals surface area contributed by atoms with Crippen molar-refractivity contribution in [1.82, 2.24) is 5.32 Å². The maximum atomic E-state index is 12.0. The molecule has 0 radical (unpaired) electrons. The van der Waals surface area contributed by atoms with E-state index in [1.54, 1.807) is 30.2 Å². The van der Waals surface area contributed by atoms with E-state index in [0.29, 0.717) is 5.75 Å².